The zero-order chi connectivity index (χ0) is 14.0. The first-order valence-corrected chi connectivity index (χ1v) is 6.66. The molecule has 0 spiro atoms. The molecule has 1 aromatic heterocycles. The fraction of sp³-hybridized carbons (Fsp3) is 0.615. The van der Waals surface area contributed by atoms with Crippen molar-refractivity contribution in [3.05, 3.63) is 18.0 Å². The van der Waals surface area contributed by atoms with Gasteiger partial charge in [-0.3, -0.25) is 14.3 Å². The molecule has 2 unspecified atom stereocenters. The second kappa shape index (κ2) is 5.42. The van der Waals surface area contributed by atoms with Crippen molar-refractivity contribution in [1.82, 2.24) is 20.0 Å². The minimum absolute atomic E-state index is 0.0143. The van der Waals surface area contributed by atoms with Crippen LogP contribution in [-0.4, -0.2) is 38.6 Å². The van der Waals surface area contributed by atoms with Crippen molar-refractivity contribution >= 4 is 11.8 Å². The van der Waals surface area contributed by atoms with Crippen molar-refractivity contribution in [3.8, 4) is 0 Å². The van der Waals surface area contributed by atoms with Crippen molar-refractivity contribution in [1.29, 1.82) is 0 Å². The van der Waals surface area contributed by atoms with E-state index in [4.69, 9.17) is 0 Å². The van der Waals surface area contributed by atoms with Gasteiger partial charge in [-0.1, -0.05) is 13.8 Å². The zero-order valence-corrected chi connectivity index (χ0v) is 11.6. The Morgan fingerprint density at radius 2 is 2.05 bits per heavy atom. The Morgan fingerprint density at radius 1 is 1.32 bits per heavy atom. The van der Waals surface area contributed by atoms with E-state index in [1.807, 2.05) is 33.2 Å². The molecule has 1 fully saturated rings. The number of hydrogen-bond acceptors (Lipinski definition) is 3. The van der Waals surface area contributed by atoms with E-state index in [-0.39, 0.29) is 11.8 Å². The van der Waals surface area contributed by atoms with E-state index in [1.54, 1.807) is 9.58 Å². The lowest BCUT2D eigenvalue weighted by atomic mass is 10.0. The van der Waals surface area contributed by atoms with Crippen molar-refractivity contribution in [3.63, 3.8) is 0 Å². The third-order valence-corrected chi connectivity index (χ3v) is 3.47. The highest BCUT2D eigenvalue weighted by Gasteiger charge is 2.38. The molecular weight excluding hydrogens is 244 g/mol. The first kappa shape index (κ1) is 13.6. The minimum Gasteiger partial charge on any atom is -0.343 e. The molecule has 19 heavy (non-hydrogen) atoms. The Bertz CT molecular complexity index is 483. The number of aromatic nitrogens is 2. The van der Waals surface area contributed by atoms with E-state index in [2.05, 4.69) is 10.4 Å². The molecule has 0 aliphatic carbocycles. The van der Waals surface area contributed by atoms with Crippen molar-refractivity contribution in [2.24, 2.45) is 7.05 Å². The van der Waals surface area contributed by atoms with Crippen LogP contribution in [0.15, 0.2) is 12.3 Å². The van der Waals surface area contributed by atoms with Crippen LogP contribution in [0.25, 0.3) is 0 Å². The fourth-order valence-electron chi connectivity index (χ4n) is 2.42. The van der Waals surface area contributed by atoms with Gasteiger partial charge < -0.3 is 10.2 Å². The Hall–Kier alpha value is -1.85. The molecule has 2 amide bonds. The van der Waals surface area contributed by atoms with Gasteiger partial charge in [-0.05, 0) is 18.9 Å². The van der Waals surface area contributed by atoms with Crippen LogP contribution in [0.3, 0.4) is 0 Å². The summed E-state index contributed by atoms with van der Waals surface area (Å²) in [6.45, 7) is 4.20. The Morgan fingerprint density at radius 3 is 2.58 bits per heavy atom. The lowest BCUT2D eigenvalue weighted by Gasteiger charge is -2.38. The van der Waals surface area contributed by atoms with E-state index in [9.17, 15) is 9.59 Å². The van der Waals surface area contributed by atoms with Gasteiger partial charge in [-0.25, -0.2) is 0 Å². The molecule has 1 aliphatic rings. The van der Waals surface area contributed by atoms with Gasteiger partial charge in [0, 0.05) is 13.2 Å². The molecule has 6 nitrogen and oxygen atoms in total. The summed E-state index contributed by atoms with van der Waals surface area (Å²) in [4.78, 5) is 26.0. The van der Waals surface area contributed by atoms with Crippen LogP contribution in [0.4, 0.5) is 0 Å². The number of rotatable bonds is 4. The average Bonchev–Trinajstić information content (AvgIpc) is 2.79. The highest BCUT2D eigenvalue weighted by Crippen LogP contribution is 2.17. The molecular formula is C13H20N4O2. The Kier molecular flexibility index (Phi) is 3.87. The molecule has 0 radical (unpaired) electrons. The van der Waals surface area contributed by atoms with E-state index in [1.165, 1.54) is 0 Å². The molecule has 1 N–H and O–H groups in total. The number of hydrogen-bond donors (Lipinski definition) is 1. The lowest BCUT2D eigenvalue weighted by Crippen LogP contribution is -2.62. The standard InChI is InChI=1S/C13H20N4O2/c1-4-10-13(19)17(11(5-2)12(18)14-10)8-9-6-7-16(3)15-9/h6-7,10-11H,4-5,8H2,1-3H3,(H,14,18). The molecule has 1 saturated heterocycles. The van der Waals surface area contributed by atoms with Crippen LogP contribution >= 0.6 is 0 Å². The van der Waals surface area contributed by atoms with Gasteiger partial charge in [0.1, 0.15) is 12.1 Å². The van der Waals surface area contributed by atoms with Crippen LogP contribution in [0.1, 0.15) is 32.4 Å². The van der Waals surface area contributed by atoms with E-state index >= 15 is 0 Å². The molecule has 0 aromatic carbocycles. The highest BCUT2D eigenvalue weighted by molar-refractivity contribution is 5.96. The van der Waals surface area contributed by atoms with Crippen LogP contribution in [0.5, 0.6) is 0 Å². The normalized spacial score (nSPS) is 23.6. The maximum absolute atomic E-state index is 12.4. The van der Waals surface area contributed by atoms with Crippen LogP contribution in [0.2, 0.25) is 0 Å². The number of carbonyl (C=O) groups excluding carboxylic acids is 2. The summed E-state index contributed by atoms with van der Waals surface area (Å²) in [7, 11) is 1.83. The first-order chi connectivity index (χ1) is 9.06. The van der Waals surface area contributed by atoms with Gasteiger partial charge in [0.2, 0.25) is 11.8 Å². The predicted octanol–water partition coefficient (Wildman–Crippen LogP) is 0.436. The molecule has 2 rings (SSSR count). The van der Waals surface area contributed by atoms with Gasteiger partial charge >= 0.3 is 0 Å². The van der Waals surface area contributed by atoms with E-state index < -0.39 is 12.1 Å². The molecule has 1 aromatic rings. The summed E-state index contributed by atoms with van der Waals surface area (Å²) in [5, 5.41) is 7.06. The van der Waals surface area contributed by atoms with Gasteiger partial charge in [0.15, 0.2) is 0 Å². The Labute approximate surface area is 112 Å². The maximum atomic E-state index is 12.4. The summed E-state index contributed by atoms with van der Waals surface area (Å²) in [5.41, 5.74) is 0.804. The summed E-state index contributed by atoms with van der Waals surface area (Å²) in [5.74, 6) is -0.0792. The number of aryl methyl sites for hydroxylation is 1. The molecule has 0 bridgehead atoms. The third kappa shape index (κ3) is 2.62. The number of amides is 2. The van der Waals surface area contributed by atoms with E-state index in [0.29, 0.717) is 19.4 Å². The molecule has 6 heteroatoms. The number of nitrogens with zero attached hydrogens (tertiary/aromatic N) is 3. The quantitative estimate of drug-likeness (QED) is 0.858. The van der Waals surface area contributed by atoms with Crippen molar-refractivity contribution in [2.45, 2.75) is 45.3 Å². The second-order valence-electron chi connectivity index (χ2n) is 4.84. The van der Waals surface area contributed by atoms with Crippen molar-refractivity contribution in [2.75, 3.05) is 0 Å². The molecule has 1 aliphatic heterocycles. The lowest BCUT2D eigenvalue weighted by molar-refractivity contribution is -0.150. The monoisotopic (exact) mass is 264 g/mol. The zero-order valence-electron chi connectivity index (χ0n) is 11.6. The van der Waals surface area contributed by atoms with Crippen LogP contribution in [0, 0.1) is 0 Å². The smallest absolute Gasteiger partial charge is 0.246 e. The largest absolute Gasteiger partial charge is 0.343 e. The summed E-state index contributed by atoms with van der Waals surface area (Å²) in [6, 6.07) is 1.07. The third-order valence-electron chi connectivity index (χ3n) is 3.47. The van der Waals surface area contributed by atoms with Crippen LogP contribution < -0.4 is 5.32 Å². The van der Waals surface area contributed by atoms with Gasteiger partial charge in [-0.15, -0.1) is 0 Å². The summed E-state index contributed by atoms with van der Waals surface area (Å²) in [6.07, 6.45) is 3.06. The predicted molar refractivity (Wildman–Crippen MR) is 70.1 cm³/mol. The van der Waals surface area contributed by atoms with Gasteiger partial charge in [-0.2, -0.15) is 5.10 Å². The Balaban J connectivity index is 2.21. The minimum atomic E-state index is -0.404. The fourth-order valence-corrected chi connectivity index (χ4v) is 2.42. The first-order valence-electron chi connectivity index (χ1n) is 6.66. The highest BCUT2D eigenvalue weighted by atomic mass is 16.2. The SMILES string of the molecule is CCC1NC(=O)C(CC)N(Cc2ccn(C)n2)C1=O. The number of carbonyl (C=O) groups is 2. The maximum Gasteiger partial charge on any atom is 0.246 e. The summed E-state index contributed by atoms with van der Waals surface area (Å²) < 4.78 is 1.70. The van der Waals surface area contributed by atoms with Crippen molar-refractivity contribution < 1.29 is 9.59 Å². The van der Waals surface area contributed by atoms with E-state index in [0.717, 1.165) is 5.69 Å². The topological polar surface area (TPSA) is 67.2 Å². The molecule has 0 saturated carbocycles. The van der Waals surface area contributed by atoms with Gasteiger partial charge in [0.05, 0.1) is 12.2 Å². The average molecular weight is 264 g/mol. The molecule has 104 valence electrons. The summed E-state index contributed by atoms with van der Waals surface area (Å²) >= 11 is 0. The molecule has 2 heterocycles. The number of piperazine rings is 1. The molecule has 2 atom stereocenters. The van der Waals surface area contributed by atoms with Gasteiger partial charge in [0.25, 0.3) is 0 Å². The van der Waals surface area contributed by atoms with Crippen LogP contribution in [-0.2, 0) is 23.2 Å². The number of nitrogens with one attached hydrogen (secondary N) is 1. The second-order valence-corrected chi connectivity index (χ2v) is 4.84.